The fourth-order valence-corrected chi connectivity index (χ4v) is 9.32. The third-order valence-electron chi connectivity index (χ3n) is 11.3. The van der Waals surface area contributed by atoms with Crippen LogP contribution in [0.5, 0.6) is 0 Å². The van der Waals surface area contributed by atoms with Gasteiger partial charge < -0.3 is 15.0 Å². The molecule has 2 heterocycles. The largest absolute Gasteiger partial charge is 0.381 e. The van der Waals surface area contributed by atoms with Gasteiger partial charge in [0.25, 0.3) is 21.6 Å². The number of piperazine rings is 1. The molecule has 4 aliphatic rings. The standard InChI is InChI=1S/C40H49N5O6S.CH2/c46-40(42-52(49,50)36-14-15-38(39(26-36)45(47)48)41-27-30-16-22-51-23-17-30)32-10-12-35(13-11-32)44-20-18-43(19-21-44)28-34-6-1-2-7-37(34)33-9-8-29-4-3-5-31(24-29)25-33;/h1-2,6-7,10-15,25-26,29-31,41H,3-5,8-9,16-24,27-28H2,(H,42,46);1H2. The van der Waals surface area contributed by atoms with E-state index in [2.05, 4.69) is 50.2 Å². The molecule has 2 bridgehead atoms. The highest BCUT2D eigenvalue weighted by atomic mass is 32.2. The van der Waals surface area contributed by atoms with Gasteiger partial charge in [0.2, 0.25) is 0 Å². The molecule has 0 spiro atoms. The van der Waals surface area contributed by atoms with Crippen LogP contribution in [-0.4, -0.2) is 70.1 Å². The molecule has 53 heavy (non-hydrogen) atoms. The number of carbonyl (C=O) groups is 1. The summed E-state index contributed by atoms with van der Waals surface area (Å²) >= 11 is 0. The average Bonchev–Trinajstić information content (AvgIpc) is 3.31. The molecular formula is C41H51N5O6S. The number of hydrogen-bond acceptors (Lipinski definition) is 9. The highest BCUT2D eigenvalue weighted by Gasteiger charge is 2.27. The van der Waals surface area contributed by atoms with E-state index < -0.39 is 20.9 Å². The maximum absolute atomic E-state index is 13.1. The van der Waals surface area contributed by atoms with E-state index in [4.69, 9.17) is 4.74 Å². The minimum Gasteiger partial charge on any atom is -0.381 e. The van der Waals surface area contributed by atoms with Crippen molar-refractivity contribution < 1.29 is 22.9 Å². The van der Waals surface area contributed by atoms with Crippen molar-refractivity contribution in [3.8, 4) is 0 Å². The van der Waals surface area contributed by atoms with Crippen LogP contribution in [0.25, 0.3) is 5.57 Å². The molecule has 2 atom stereocenters. The van der Waals surface area contributed by atoms with Crippen LogP contribution in [0.15, 0.2) is 77.7 Å². The van der Waals surface area contributed by atoms with Crippen LogP contribution in [0.3, 0.4) is 0 Å². The summed E-state index contributed by atoms with van der Waals surface area (Å²) in [6.07, 6.45) is 12.2. The Morgan fingerprint density at radius 2 is 1.68 bits per heavy atom. The van der Waals surface area contributed by atoms with Crippen molar-refractivity contribution >= 4 is 38.6 Å². The molecule has 12 heteroatoms. The van der Waals surface area contributed by atoms with E-state index in [0.29, 0.717) is 25.7 Å². The summed E-state index contributed by atoms with van der Waals surface area (Å²) in [5.74, 6) is 1.13. The lowest BCUT2D eigenvalue weighted by molar-refractivity contribution is -0.384. The number of carbonyl (C=O) groups excluding carboxylic acids is 1. The Bertz CT molecular complexity index is 1880. The molecule has 2 aliphatic carbocycles. The maximum atomic E-state index is 13.1. The first-order valence-electron chi connectivity index (χ1n) is 18.8. The summed E-state index contributed by atoms with van der Waals surface area (Å²) in [7, 11) is -4.36. The zero-order chi connectivity index (χ0) is 36.1. The van der Waals surface area contributed by atoms with Crippen LogP contribution < -0.4 is 14.9 Å². The maximum Gasteiger partial charge on any atom is 0.293 e. The second-order valence-electron chi connectivity index (χ2n) is 14.8. The van der Waals surface area contributed by atoms with Gasteiger partial charge in [-0.2, -0.15) is 0 Å². The van der Waals surface area contributed by atoms with Gasteiger partial charge in [-0.25, -0.2) is 13.1 Å². The Hall–Kier alpha value is -4.26. The average molecular weight is 742 g/mol. The Morgan fingerprint density at radius 3 is 2.43 bits per heavy atom. The fraction of sp³-hybridized carbons (Fsp3) is 0.463. The van der Waals surface area contributed by atoms with E-state index >= 15 is 0 Å². The Morgan fingerprint density at radius 1 is 0.925 bits per heavy atom. The first-order valence-corrected chi connectivity index (χ1v) is 20.2. The highest BCUT2D eigenvalue weighted by molar-refractivity contribution is 7.90. The summed E-state index contributed by atoms with van der Waals surface area (Å²) in [6, 6.07) is 19.5. The molecule has 3 fully saturated rings. The number of allylic oxidation sites excluding steroid dienone is 2. The lowest BCUT2D eigenvalue weighted by Gasteiger charge is -2.36. The zero-order valence-electron chi connectivity index (χ0n) is 30.4. The Labute approximate surface area is 314 Å². The minimum absolute atomic E-state index is 0. The van der Waals surface area contributed by atoms with E-state index in [9.17, 15) is 23.3 Å². The monoisotopic (exact) mass is 741 g/mol. The van der Waals surface area contributed by atoms with Crippen molar-refractivity contribution in [2.75, 3.05) is 56.2 Å². The SMILES string of the molecule is O=C(NS(=O)(=O)c1ccc(NCC2CCOCC2)c([N+](=O)[O-])c1)c1ccc(N2CCN(Cc3ccccc3C3=CC4CCCC(CC3)C4)CC2)cc1.[CH2]. The Kier molecular flexibility index (Phi) is 12.5. The number of rotatable bonds is 11. The number of nitro groups is 1. The summed E-state index contributed by atoms with van der Waals surface area (Å²) in [4.78, 5) is 28.7. The number of hydrogen-bond donors (Lipinski definition) is 2. The number of nitrogens with one attached hydrogen (secondary N) is 2. The van der Waals surface area contributed by atoms with Gasteiger partial charge in [0.1, 0.15) is 5.69 Å². The molecule has 2 aliphatic heterocycles. The number of sulfonamides is 1. The molecule has 0 aromatic heterocycles. The van der Waals surface area contributed by atoms with E-state index in [0.717, 1.165) is 69.2 Å². The number of nitrogens with zero attached hydrogens (tertiary/aromatic N) is 3. The van der Waals surface area contributed by atoms with Gasteiger partial charge in [-0.05, 0) is 109 Å². The van der Waals surface area contributed by atoms with Crippen molar-refractivity contribution in [3.63, 3.8) is 0 Å². The molecule has 7 rings (SSSR count). The second kappa shape index (κ2) is 17.3. The number of amides is 1. The van der Waals surface area contributed by atoms with E-state index in [1.807, 2.05) is 12.1 Å². The van der Waals surface area contributed by atoms with E-state index in [1.54, 1.807) is 12.1 Å². The molecule has 2 saturated heterocycles. The predicted octanol–water partition coefficient (Wildman–Crippen LogP) is 7.19. The molecule has 2 radical (unpaired) electrons. The third kappa shape index (κ3) is 9.46. The van der Waals surface area contributed by atoms with Gasteiger partial charge in [0, 0.05) is 69.8 Å². The topological polar surface area (TPSA) is 134 Å². The zero-order valence-corrected chi connectivity index (χ0v) is 31.2. The van der Waals surface area contributed by atoms with Crippen LogP contribution in [-0.2, 0) is 21.3 Å². The third-order valence-corrected chi connectivity index (χ3v) is 12.7. The van der Waals surface area contributed by atoms with Crippen molar-refractivity contribution in [3.05, 3.63) is 107 Å². The molecule has 282 valence electrons. The van der Waals surface area contributed by atoms with Gasteiger partial charge in [-0.1, -0.05) is 50.6 Å². The van der Waals surface area contributed by atoms with Gasteiger partial charge in [0.05, 0.1) is 9.82 Å². The van der Waals surface area contributed by atoms with Gasteiger partial charge in [0.15, 0.2) is 0 Å². The first-order chi connectivity index (χ1) is 25.2. The molecule has 1 saturated carbocycles. The molecule has 3 aromatic carbocycles. The number of nitro benzene ring substituents is 1. The summed E-state index contributed by atoms with van der Waals surface area (Å²) in [5.41, 5.74) is 5.37. The normalized spacial score (nSPS) is 21.1. The molecule has 1 amide bonds. The van der Waals surface area contributed by atoms with Crippen LogP contribution in [0.4, 0.5) is 17.1 Å². The van der Waals surface area contributed by atoms with Gasteiger partial charge in [-0.3, -0.25) is 19.8 Å². The summed E-state index contributed by atoms with van der Waals surface area (Å²) in [6.45, 7) is 6.25. The van der Waals surface area contributed by atoms with Gasteiger partial charge >= 0.3 is 0 Å². The molecule has 2 N–H and O–H groups in total. The van der Waals surface area contributed by atoms with E-state index in [-0.39, 0.29) is 29.3 Å². The fourth-order valence-electron chi connectivity index (χ4n) is 8.32. The van der Waals surface area contributed by atoms with Crippen LogP contribution in [0.1, 0.15) is 72.9 Å². The predicted molar refractivity (Wildman–Crippen MR) is 208 cm³/mol. The lowest BCUT2D eigenvalue weighted by atomic mass is 9.81. The quantitative estimate of drug-likeness (QED) is 0.155. The van der Waals surface area contributed by atoms with Crippen molar-refractivity contribution in [2.24, 2.45) is 17.8 Å². The van der Waals surface area contributed by atoms with Gasteiger partial charge in [-0.15, -0.1) is 0 Å². The molecule has 3 aromatic rings. The molecule has 2 unspecified atom stereocenters. The number of fused-ring (bicyclic) bond motifs is 2. The molecular weight excluding hydrogens is 691 g/mol. The molecule has 11 nitrogen and oxygen atoms in total. The van der Waals surface area contributed by atoms with E-state index in [1.165, 1.54) is 67.4 Å². The summed E-state index contributed by atoms with van der Waals surface area (Å²) in [5, 5.41) is 14.9. The lowest BCUT2D eigenvalue weighted by Crippen LogP contribution is -2.46. The second-order valence-corrected chi connectivity index (χ2v) is 16.5. The number of benzene rings is 3. The van der Waals surface area contributed by atoms with Crippen LogP contribution >= 0.6 is 0 Å². The number of ether oxygens (including phenoxy) is 1. The highest BCUT2D eigenvalue weighted by Crippen LogP contribution is 2.40. The smallest absolute Gasteiger partial charge is 0.293 e. The first kappa shape index (κ1) is 38.5. The van der Waals surface area contributed by atoms with Crippen LogP contribution in [0, 0.1) is 35.3 Å². The Balaban J connectivity index is 0.00000481. The minimum atomic E-state index is -4.36. The van der Waals surface area contributed by atoms with Crippen molar-refractivity contribution in [1.29, 1.82) is 0 Å². The number of anilines is 2. The van der Waals surface area contributed by atoms with Crippen molar-refractivity contribution in [1.82, 2.24) is 9.62 Å². The van der Waals surface area contributed by atoms with Crippen molar-refractivity contribution in [2.45, 2.75) is 62.8 Å². The summed E-state index contributed by atoms with van der Waals surface area (Å²) < 4.78 is 33.7. The van der Waals surface area contributed by atoms with Crippen LogP contribution in [0.2, 0.25) is 0 Å².